The number of aromatic nitrogens is 2. The molecule has 0 fully saturated rings. The summed E-state index contributed by atoms with van der Waals surface area (Å²) in [4.78, 5) is 4.22. The van der Waals surface area contributed by atoms with Crippen LogP contribution >= 0.6 is 0 Å². The SMILES string of the molecule is COc1cc(-c2noc(CNc3ccc(C)c(F)c3)n2)ccc1OC(F)F. The highest BCUT2D eigenvalue weighted by Gasteiger charge is 2.15. The van der Waals surface area contributed by atoms with E-state index in [1.807, 2.05) is 0 Å². The molecule has 0 saturated heterocycles. The Morgan fingerprint density at radius 3 is 2.67 bits per heavy atom. The van der Waals surface area contributed by atoms with Gasteiger partial charge in [-0.2, -0.15) is 13.8 Å². The predicted octanol–water partition coefficient (Wildman–Crippen LogP) is 4.41. The summed E-state index contributed by atoms with van der Waals surface area (Å²) in [6.45, 7) is -1.09. The molecule has 3 rings (SSSR count). The summed E-state index contributed by atoms with van der Waals surface area (Å²) in [6.07, 6.45) is 0. The van der Waals surface area contributed by atoms with Crippen molar-refractivity contribution in [3.63, 3.8) is 0 Å². The minimum absolute atomic E-state index is 0.0944. The normalized spacial score (nSPS) is 10.9. The van der Waals surface area contributed by atoms with Crippen molar-refractivity contribution in [2.45, 2.75) is 20.1 Å². The minimum atomic E-state index is -2.96. The van der Waals surface area contributed by atoms with Crippen LogP contribution in [0.2, 0.25) is 0 Å². The lowest BCUT2D eigenvalue weighted by atomic mass is 10.2. The second-order valence-electron chi connectivity index (χ2n) is 5.57. The Kier molecular flexibility index (Phi) is 5.49. The van der Waals surface area contributed by atoms with Crippen LogP contribution in [-0.2, 0) is 6.54 Å². The van der Waals surface area contributed by atoms with Crippen LogP contribution in [0.25, 0.3) is 11.4 Å². The molecule has 1 heterocycles. The number of nitrogens with zero attached hydrogens (tertiary/aromatic N) is 2. The van der Waals surface area contributed by atoms with Crippen molar-refractivity contribution in [1.29, 1.82) is 0 Å². The molecule has 0 aliphatic carbocycles. The average molecular weight is 379 g/mol. The number of halogens is 3. The lowest BCUT2D eigenvalue weighted by Gasteiger charge is -2.10. The minimum Gasteiger partial charge on any atom is -0.493 e. The van der Waals surface area contributed by atoms with Gasteiger partial charge in [0, 0.05) is 11.3 Å². The molecule has 3 aromatic rings. The van der Waals surface area contributed by atoms with Crippen LogP contribution in [0, 0.1) is 12.7 Å². The number of benzene rings is 2. The van der Waals surface area contributed by atoms with E-state index in [1.54, 1.807) is 19.1 Å². The molecule has 0 spiro atoms. The first-order valence-electron chi connectivity index (χ1n) is 7.92. The summed E-state index contributed by atoms with van der Waals surface area (Å²) in [5.41, 5.74) is 1.63. The molecular formula is C18H16F3N3O3. The van der Waals surface area contributed by atoms with E-state index in [2.05, 4.69) is 20.2 Å². The van der Waals surface area contributed by atoms with Crippen molar-refractivity contribution in [3.05, 3.63) is 53.7 Å². The Morgan fingerprint density at radius 2 is 1.96 bits per heavy atom. The molecule has 27 heavy (non-hydrogen) atoms. The third kappa shape index (κ3) is 4.49. The molecule has 0 unspecified atom stereocenters. The molecule has 0 bridgehead atoms. The zero-order valence-electron chi connectivity index (χ0n) is 14.5. The molecule has 142 valence electrons. The standard InChI is InChI=1S/C18H16F3N3O3/c1-10-3-5-12(8-13(10)19)22-9-16-23-17(24-27-16)11-4-6-14(26-18(20)21)15(7-11)25-2/h3-8,18,22H,9H2,1-2H3. The highest BCUT2D eigenvalue weighted by atomic mass is 19.3. The summed E-state index contributed by atoms with van der Waals surface area (Å²) in [5, 5.41) is 6.83. The summed E-state index contributed by atoms with van der Waals surface area (Å²) in [6, 6.07) is 9.09. The second kappa shape index (κ2) is 7.98. The molecule has 1 aromatic heterocycles. The lowest BCUT2D eigenvalue weighted by molar-refractivity contribution is -0.0512. The van der Waals surface area contributed by atoms with Gasteiger partial charge in [-0.15, -0.1) is 0 Å². The molecule has 2 aromatic carbocycles. The van der Waals surface area contributed by atoms with Gasteiger partial charge in [-0.05, 0) is 42.8 Å². The Labute approximate surface area is 152 Å². The zero-order chi connectivity index (χ0) is 19.4. The van der Waals surface area contributed by atoms with E-state index in [9.17, 15) is 13.2 Å². The summed E-state index contributed by atoms with van der Waals surface area (Å²) in [5.74, 6) is 0.237. The number of nitrogens with one attached hydrogen (secondary N) is 1. The fourth-order valence-corrected chi connectivity index (χ4v) is 2.32. The van der Waals surface area contributed by atoms with Crippen molar-refractivity contribution >= 4 is 5.69 Å². The smallest absolute Gasteiger partial charge is 0.387 e. The maximum Gasteiger partial charge on any atom is 0.387 e. The van der Waals surface area contributed by atoms with Crippen LogP contribution < -0.4 is 14.8 Å². The van der Waals surface area contributed by atoms with E-state index < -0.39 is 6.61 Å². The third-order valence-corrected chi connectivity index (χ3v) is 3.72. The first-order chi connectivity index (χ1) is 13.0. The monoisotopic (exact) mass is 379 g/mol. The molecule has 0 amide bonds. The number of hydrogen-bond acceptors (Lipinski definition) is 6. The highest BCUT2D eigenvalue weighted by molar-refractivity contribution is 5.60. The molecule has 0 aliphatic heterocycles. The van der Waals surface area contributed by atoms with Crippen LogP contribution in [-0.4, -0.2) is 23.9 Å². The molecule has 0 saturated carbocycles. The molecule has 9 heteroatoms. The van der Waals surface area contributed by atoms with Crippen LogP contribution in [0.5, 0.6) is 11.5 Å². The van der Waals surface area contributed by atoms with Crippen molar-refractivity contribution in [2.75, 3.05) is 12.4 Å². The molecular weight excluding hydrogens is 363 g/mol. The number of hydrogen-bond donors (Lipinski definition) is 1. The van der Waals surface area contributed by atoms with Crippen LogP contribution in [0.4, 0.5) is 18.9 Å². The first-order valence-corrected chi connectivity index (χ1v) is 7.92. The summed E-state index contributed by atoms with van der Waals surface area (Å²) in [7, 11) is 1.34. The van der Waals surface area contributed by atoms with E-state index in [1.165, 1.54) is 31.4 Å². The number of aryl methyl sites for hydroxylation is 1. The average Bonchev–Trinajstić information content (AvgIpc) is 3.11. The number of anilines is 1. The van der Waals surface area contributed by atoms with E-state index in [-0.39, 0.29) is 35.6 Å². The van der Waals surface area contributed by atoms with Gasteiger partial charge in [0.2, 0.25) is 11.7 Å². The van der Waals surface area contributed by atoms with Crippen molar-refractivity contribution in [1.82, 2.24) is 10.1 Å². The van der Waals surface area contributed by atoms with Gasteiger partial charge in [0.15, 0.2) is 11.5 Å². The number of alkyl halides is 2. The number of methoxy groups -OCH3 is 1. The number of rotatable bonds is 7. The molecule has 0 radical (unpaired) electrons. The van der Waals surface area contributed by atoms with Crippen LogP contribution in [0.15, 0.2) is 40.9 Å². The predicted molar refractivity (Wildman–Crippen MR) is 91.4 cm³/mol. The number of ether oxygens (including phenoxy) is 2. The highest BCUT2D eigenvalue weighted by Crippen LogP contribution is 2.32. The van der Waals surface area contributed by atoms with Gasteiger partial charge >= 0.3 is 6.61 Å². The lowest BCUT2D eigenvalue weighted by Crippen LogP contribution is -2.03. The molecule has 1 N–H and O–H groups in total. The Balaban J connectivity index is 1.72. The van der Waals surface area contributed by atoms with Gasteiger partial charge in [0.1, 0.15) is 5.82 Å². The maximum atomic E-state index is 13.6. The largest absolute Gasteiger partial charge is 0.493 e. The van der Waals surface area contributed by atoms with Crippen LogP contribution in [0.1, 0.15) is 11.5 Å². The van der Waals surface area contributed by atoms with Crippen molar-refractivity contribution < 1.29 is 27.2 Å². The first kappa shape index (κ1) is 18.6. The van der Waals surface area contributed by atoms with Gasteiger partial charge in [-0.25, -0.2) is 4.39 Å². The fraction of sp³-hybridized carbons (Fsp3) is 0.222. The van der Waals surface area contributed by atoms with Gasteiger partial charge in [-0.3, -0.25) is 0 Å². The quantitative estimate of drug-likeness (QED) is 0.656. The van der Waals surface area contributed by atoms with Crippen molar-refractivity contribution in [3.8, 4) is 22.9 Å². The third-order valence-electron chi connectivity index (χ3n) is 3.72. The summed E-state index contributed by atoms with van der Waals surface area (Å²) >= 11 is 0. The zero-order valence-corrected chi connectivity index (χ0v) is 14.5. The molecule has 0 aliphatic rings. The Morgan fingerprint density at radius 1 is 1.15 bits per heavy atom. The summed E-state index contributed by atoms with van der Waals surface area (Å²) < 4.78 is 52.9. The Hall–Kier alpha value is -3.23. The fourth-order valence-electron chi connectivity index (χ4n) is 2.32. The Bertz CT molecular complexity index is 931. The van der Waals surface area contributed by atoms with Crippen molar-refractivity contribution in [2.24, 2.45) is 0 Å². The van der Waals surface area contributed by atoms with Gasteiger partial charge in [-0.1, -0.05) is 11.2 Å². The van der Waals surface area contributed by atoms with Gasteiger partial charge in [0.25, 0.3) is 0 Å². The maximum absolute atomic E-state index is 13.6. The van der Waals surface area contributed by atoms with Gasteiger partial charge in [0.05, 0.1) is 13.7 Å². The second-order valence-corrected chi connectivity index (χ2v) is 5.57. The van der Waals surface area contributed by atoms with Gasteiger partial charge < -0.3 is 19.3 Å². The molecule has 6 nitrogen and oxygen atoms in total. The molecule has 0 atom stereocenters. The van der Waals surface area contributed by atoms with Crippen LogP contribution in [0.3, 0.4) is 0 Å². The van der Waals surface area contributed by atoms with E-state index in [4.69, 9.17) is 9.26 Å². The van der Waals surface area contributed by atoms with E-state index in [0.29, 0.717) is 16.8 Å². The topological polar surface area (TPSA) is 69.4 Å². The van der Waals surface area contributed by atoms with E-state index in [0.717, 1.165) is 0 Å². The van der Waals surface area contributed by atoms with E-state index >= 15 is 0 Å².